The maximum atomic E-state index is 13.2. The van der Waals surface area contributed by atoms with Gasteiger partial charge in [0.05, 0.1) is 11.0 Å². The molecule has 2 heteroatoms. The third-order valence-corrected chi connectivity index (χ3v) is 5.46. The van der Waals surface area contributed by atoms with Gasteiger partial charge >= 0.3 is 0 Å². The molecule has 20 heavy (non-hydrogen) atoms. The van der Waals surface area contributed by atoms with Crippen LogP contribution in [-0.2, 0) is 10.2 Å². The van der Waals surface area contributed by atoms with E-state index in [1.54, 1.807) is 0 Å². The van der Waals surface area contributed by atoms with E-state index in [-0.39, 0.29) is 11.0 Å². The largest absolute Gasteiger partial charge is 0.297 e. The number of ketones is 1. The first kappa shape index (κ1) is 13.6. The quantitative estimate of drug-likeness (QED) is 0.782. The number of carbonyl (C=O) groups is 1. The zero-order chi connectivity index (χ0) is 14.4. The molecule has 0 heterocycles. The van der Waals surface area contributed by atoms with Crippen LogP contribution in [0.5, 0.6) is 0 Å². The predicted molar refractivity (Wildman–Crippen MR) is 81.7 cm³/mol. The first-order valence-corrected chi connectivity index (χ1v) is 7.64. The highest BCUT2D eigenvalue weighted by molar-refractivity contribution is 6.06. The molecule has 0 amide bonds. The number of benzene rings is 1. The summed E-state index contributed by atoms with van der Waals surface area (Å²) in [5.74, 6) is 0.708. The Morgan fingerprint density at radius 3 is 2.45 bits per heavy atom. The summed E-state index contributed by atoms with van der Waals surface area (Å²) < 4.78 is 0. The van der Waals surface area contributed by atoms with E-state index in [1.807, 2.05) is 18.2 Å². The zero-order valence-electron chi connectivity index (χ0n) is 12.6. The van der Waals surface area contributed by atoms with Gasteiger partial charge in [0.25, 0.3) is 0 Å². The lowest BCUT2D eigenvalue weighted by Gasteiger charge is -2.61. The summed E-state index contributed by atoms with van der Waals surface area (Å²) >= 11 is 0. The fourth-order valence-electron chi connectivity index (χ4n) is 4.44. The molecule has 0 radical (unpaired) electrons. The molecule has 2 nitrogen and oxygen atoms in total. The molecule has 3 rings (SSSR count). The maximum Gasteiger partial charge on any atom is 0.164 e. The first-order chi connectivity index (χ1) is 9.62. The minimum Gasteiger partial charge on any atom is -0.297 e. The second kappa shape index (κ2) is 4.56. The Morgan fingerprint density at radius 1 is 1.20 bits per heavy atom. The normalized spacial score (nSPS) is 35.2. The van der Waals surface area contributed by atoms with E-state index in [4.69, 9.17) is 0 Å². The van der Waals surface area contributed by atoms with Crippen molar-refractivity contribution in [2.75, 3.05) is 13.1 Å². The average molecular weight is 269 g/mol. The highest BCUT2D eigenvalue weighted by atomic mass is 16.1. The summed E-state index contributed by atoms with van der Waals surface area (Å²) in [5, 5.41) is 0. The molecule has 1 aromatic rings. The van der Waals surface area contributed by atoms with Crippen LogP contribution >= 0.6 is 0 Å². The van der Waals surface area contributed by atoms with Gasteiger partial charge in [-0.1, -0.05) is 56.3 Å². The zero-order valence-corrected chi connectivity index (χ0v) is 12.6. The third-order valence-electron chi connectivity index (χ3n) is 5.46. The minimum absolute atomic E-state index is 0.270. The van der Waals surface area contributed by atoms with Crippen LogP contribution in [0.3, 0.4) is 0 Å². The molecule has 106 valence electrons. The van der Waals surface area contributed by atoms with E-state index in [9.17, 15) is 4.79 Å². The van der Waals surface area contributed by atoms with Gasteiger partial charge in [-0.25, -0.2) is 0 Å². The number of carbonyl (C=O) groups excluding carboxylic acids is 1. The lowest BCUT2D eigenvalue weighted by atomic mass is 9.47. The summed E-state index contributed by atoms with van der Waals surface area (Å²) in [4.78, 5) is 15.5. The number of likely N-dealkylation sites (N-methyl/N-ethyl adjacent to an activating group) is 1. The van der Waals surface area contributed by atoms with Crippen molar-refractivity contribution in [3.63, 3.8) is 0 Å². The van der Waals surface area contributed by atoms with Crippen LogP contribution in [0, 0.1) is 5.92 Å². The summed E-state index contributed by atoms with van der Waals surface area (Å²) in [5.41, 5.74) is 0.537. The van der Waals surface area contributed by atoms with Gasteiger partial charge in [0.1, 0.15) is 0 Å². The second-order valence-electron chi connectivity index (χ2n) is 6.10. The molecule has 0 saturated heterocycles. The van der Waals surface area contributed by atoms with Gasteiger partial charge in [-0.3, -0.25) is 9.69 Å². The third kappa shape index (κ3) is 1.40. The van der Waals surface area contributed by atoms with Crippen LogP contribution in [0.2, 0.25) is 0 Å². The van der Waals surface area contributed by atoms with Crippen LogP contribution in [-0.4, -0.2) is 29.3 Å². The molecule has 2 aliphatic rings. The van der Waals surface area contributed by atoms with Gasteiger partial charge in [-0.2, -0.15) is 0 Å². The van der Waals surface area contributed by atoms with Gasteiger partial charge < -0.3 is 0 Å². The highest BCUT2D eigenvalue weighted by Gasteiger charge is 2.70. The van der Waals surface area contributed by atoms with Crippen molar-refractivity contribution >= 4 is 5.78 Å². The molecular formula is C18H23NO. The molecule has 1 saturated carbocycles. The molecule has 0 aromatic heterocycles. The van der Waals surface area contributed by atoms with Crippen molar-refractivity contribution in [1.82, 2.24) is 4.90 Å². The summed E-state index contributed by atoms with van der Waals surface area (Å²) in [6.45, 7) is 8.29. The van der Waals surface area contributed by atoms with Crippen molar-refractivity contribution in [2.24, 2.45) is 5.92 Å². The molecule has 1 fully saturated rings. The van der Waals surface area contributed by atoms with Crippen LogP contribution in [0.15, 0.2) is 42.5 Å². The number of hydrogen-bond acceptors (Lipinski definition) is 2. The fourth-order valence-corrected chi connectivity index (χ4v) is 4.44. The Kier molecular flexibility index (Phi) is 3.09. The predicted octanol–water partition coefficient (Wildman–Crippen LogP) is 3.18. The smallest absolute Gasteiger partial charge is 0.164 e. The topological polar surface area (TPSA) is 20.3 Å². The van der Waals surface area contributed by atoms with Crippen molar-refractivity contribution in [3.05, 3.63) is 48.0 Å². The van der Waals surface area contributed by atoms with E-state index >= 15 is 0 Å². The summed E-state index contributed by atoms with van der Waals surface area (Å²) in [6, 6.07) is 10.3. The van der Waals surface area contributed by atoms with Gasteiger partial charge in [0, 0.05) is 5.92 Å². The minimum atomic E-state index is -0.350. The van der Waals surface area contributed by atoms with Crippen molar-refractivity contribution < 1.29 is 4.79 Å². The molecule has 0 N–H and O–H groups in total. The molecule has 0 aliphatic heterocycles. The van der Waals surface area contributed by atoms with Crippen LogP contribution in [0.1, 0.15) is 32.8 Å². The molecule has 1 aromatic carbocycles. The van der Waals surface area contributed by atoms with Crippen molar-refractivity contribution in [2.45, 2.75) is 38.1 Å². The Labute approximate surface area is 121 Å². The summed E-state index contributed by atoms with van der Waals surface area (Å²) in [7, 11) is 0. The van der Waals surface area contributed by atoms with Crippen molar-refractivity contribution in [1.29, 1.82) is 0 Å². The highest BCUT2D eigenvalue weighted by Crippen LogP contribution is 2.59. The van der Waals surface area contributed by atoms with Crippen molar-refractivity contribution in [3.8, 4) is 0 Å². The van der Waals surface area contributed by atoms with Crippen LogP contribution in [0.25, 0.3) is 0 Å². The molecule has 3 atom stereocenters. The lowest BCUT2D eigenvalue weighted by molar-refractivity contribution is -0.159. The average Bonchev–Trinajstić information content (AvgIpc) is 2.91. The summed E-state index contributed by atoms with van der Waals surface area (Å²) in [6.07, 6.45) is 5.35. The van der Waals surface area contributed by atoms with E-state index in [0.717, 1.165) is 25.1 Å². The number of nitrogens with zero attached hydrogens (tertiary/aromatic N) is 1. The van der Waals surface area contributed by atoms with E-state index in [2.05, 4.69) is 50.0 Å². The number of hydrogen-bond donors (Lipinski definition) is 0. The van der Waals surface area contributed by atoms with Crippen LogP contribution in [0.4, 0.5) is 0 Å². The van der Waals surface area contributed by atoms with Gasteiger partial charge in [0.2, 0.25) is 0 Å². The SMILES string of the molecule is CCN(CC)C12CC=CC1C(C)(c1ccccc1)C2=O. The Bertz CT molecular complexity index is 546. The van der Waals surface area contributed by atoms with Gasteiger partial charge in [-0.05, 0) is 32.0 Å². The maximum absolute atomic E-state index is 13.2. The Hall–Kier alpha value is -1.41. The van der Waals surface area contributed by atoms with Gasteiger partial charge in [0.15, 0.2) is 5.78 Å². The van der Waals surface area contributed by atoms with Crippen LogP contribution < -0.4 is 0 Å². The van der Waals surface area contributed by atoms with E-state index < -0.39 is 0 Å². The molecule has 2 aliphatic carbocycles. The lowest BCUT2D eigenvalue weighted by Crippen LogP contribution is -2.76. The Balaban J connectivity index is 2.03. The van der Waals surface area contributed by atoms with E-state index in [1.165, 1.54) is 0 Å². The molecular weight excluding hydrogens is 246 g/mol. The van der Waals surface area contributed by atoms with E-state index in [0.29, 0.717) is 11.7 Å². The molecule has 0 bridgehead atoms. The molecule has 3 unspecified atom stereocenters. The fraction of sp³-hybridized carbons (Fsp3) is 0.500. The molecule has 0 spiro atoms. The second-order valence-corrected chi connectivity index (χ2v) is 6.10. The number of rotatable bonds is 4. The number of fused-ring (bicyclic) bond motifs is 1. The monoisotopic (exact) mass is 269 g/mol. The Morgan fingerprint density at radius 2 is 1.85 bits per heavy atom. The first-order valence-electron chi connectivity index (χ1n) is 7.64. The van der Waals surface area contributed by atoms with Gasteiger partial charge in [-0.15, -0.1) is 0 Å². The standard InChI is InChI=1S/C18H23NO/c1-4-19(5-2)18-13-9-12-15(18)17(3,16(18)20)14-10-7-6-8-11-14/h6-12,15H,4-5,13H2,1-3H3. The number of Topliss-reactive ketones (excluding diaryl/α,β-unsaturated/α-hetero) is 1.